The summed E-state index contributed by atoms with van der Waals surface area (Å²) in [6.07, 6.45) is 1.14. The lowest BCUT2D eigenvalue weighted by molar-refractivity contribution is -0.387. The minimum absolute atomic E-state index is 0.175. The Morgan fingerprint density at radius 3 is 2.31 bits per heavy atom. The van der Waals surface area contributed by atoms with Crippen LogP contribution in [-0.4, -0.2) is 28.3 Å². The molecule has 9 nitrogen and oxygen atoms in total. The first-order valence-electron chi connectivity index (χ1n) is 9.67. The standard InChI is InChI=1S/C21H19N3O6S2/c25-24(26)20-10-4-5-11-21(20)31(27,28)22-17-12-13-19-16(15-17)7-6-14-23(19)32(29,30)18-8-2-1-3-9-18/h1-5,8-13,15,22H,6-7,14H2. The van der Waals surface area contributed by atoms with Crippen molar-refractivity contribution in [3.8, 4) is 0 Å². The zero-order chi connectivity index (χ0) is 22.9. The lowest BCUT2D eigenvalue weighted by Crippen LogP contribution is -2.35. The Labute approximate surface area is 185 Å². The Morgan fingerprint density at radius 1 is 0.906 bits per heavy atom. The van der Waals surface area contributed by atoms with Gasteiger partial charge in [0.1, 0.15) is 0 Å². The van der Waals surface area contributed by atoms with Crippen LogP contribution in [0.25, 0.3) is 0 Å². The van der Waals surface area contributed by atoms with E-state index in [-0.39, 0.29) is 10.6 Å². The molecule has 1 N–H and O–H groups in total. The average Bonchev–Trinajstić information content (AvgIpc) is 2.78. The number of nitro groups is 1. The predicted octanol–water partition coefficient (Wildman–Crippen LogP) is 3.54. The van der Waals surface area contributed by atoms with Gasteiger partial charge in [0, 0.05) is 18.3 Å². The average molecular weight is 474 g/mol. The Balaban J connectivity index is 1.67. The van der Waals surface area contributed by atoms with Gasteiger partial charge in [-0.3, -0.25) is 19.1 Å². The second kappa shape index (κ2) is 8.24. The van der Waals surface area contributed by atoms with Gasteiger partial charge in [0.05, 0.1) is 15.5 Å². The van der Waals surface area contributed by atoms with Crippen molar-refractivity contribution < 1.29 is 21.8 Å². The zero-order valence-corrected chi connectivity index (χ0v) is 18.3. The quantitative estimate of drug-likeness (QED) is 0.431. The third kappa shape index (κ3) is 4.04. The number of rotatable bonds is 6. The van der Waals surface area contributed by atoms with Crippen molar-refractivity contribution in [3.05, 3.63) is 88.5 Å². The van der Waals surface area contributed by atoms with Crippen molar-refractivity contribution in [2.24, 2.45) is 0 Å². The van der Waals surface area contributed by atoms with Crippen LogP contribution >= 0.6 is 0 Å². The molecule has 0 fully saturated rings. The van der Waals surface area contributed by atoms with Gasteiger partial charge in [-0.2, -0.15) is 0 Å². The van der Waals surface area contributed by atoms with E-state index in [9.17, 15) is 26.9 Å². The number of benzene rings is 3. The lowest BCUT2D eigenvalue weighted by Gasteiger charge is -2.31. The fourth-order valence-electron chi connectivity index (χ4n) is 3.64. The molecule has 0 unspecified atom stereocenters. The van der Waals surface area contributed by atoms with Gasteiger partial charge < -0.3 is 0 Å². The van der Waals surface area contributed by atoms with Crippen LogP contribution in [0.1, 0.15) is 12.0 Å². The Hall–Kier alpha value is -3.44. The van der Waals surface area contributed by atoms with Crippen molar-refractivity contribution in [2.45, 2.75) is 22.6 Å². The highest BCUT2D eigenvalue weighted by atomic mass is 32.2. The van der Waals surface area contributed by atoms with E-state index in [0.717, 1.165) is 12.1 Å². The number of para-hydroxylation sites is 1. The minimum atomic E-state index is -4.22. The van der Waals surface area contributed by atoms with Gasteiger partial charge in [-0.25, -0.2) is 16.8 Å². The summed E-state index contributed by atoms with van der Waals surface area (Å²) in [6, 6.07) is 17.7. The number of sulfonamides is 2. The summed E-state index contributed by atoms with van der Waals surface area (Å²) in [6.45, 7) is 0.311. The number of hydrogen-bond donors (Lipinski definition) is 1. The molecule has 0 atom stereocenters. The van der Waals surface area contributed by atoms with Crippen LogP contribution in [0.5, 0.6) is 0 Å². The lowest BCUT2D eigenvalue weighted by atomic mass is 10.0. The molecular formula is C21H19N3O6S2. The molecule has 0 bridgehead atoms. The number of fused-ring (bicyclic) bond motifs is 1. The largest absolute Gasteiger partial charge is 0.289 e. The van der Waals surface area contributed by atoms with Gasteiger partial charge in [0.25, 0.3) is 25.7 Å². The molecule has 3 aromatic carbocycles. The number of nitrogens with one attached hydrogen (secondary N) is 1. The van der Waals surface area contributed by atoms with Crippen LogP contribution in [0.2, 0.25) is 0 Å². The van der Waals surface area contributed by atoms with Crippen molar-refractivity contribution >= 4 is 37.1 Å². The van der Waals surface area contributed by atoms with Gasteiger partial charge in [-0.05, 0) is 54.8 Å². The van der Waals surface area contributed by atoms with Crippen LogP contribution in [0.15, 0.2) is 82.6 Å². The fraction of sp³-hybridized carbons (Fsp3) is 0.143. The third-order valence-corrected chi connectivity index (χ3v) is 8.35. The molecule has 1 aliphatic rings. The van der Waals surface area contributed by atoms with E-state index in [4.69, 9.17) is 0 Å². The number of hydrogen-bond acceptors (Lipinski definition) is 6. The molecule has 3 aromatic rings. The molecule has 4 rings (SSSR count). The first-order chi connectivity index (χ1) is 15.2. The highest BCUT2D eigenvalue weighted by molar-refractivity contribution is 7.93. The van der Waals surface area contributed by atoms with E-state index >= 15 is 0 Å². The summed E-state index contributed by atoms with van der Waals surface area (Å²) in [7, 11) is -7.99. The van der Waals surface area contributed by atoms with E-state index < -0.39 is 35.6 Å². The summed E-state index contributed by atoms with van der Waals surface area (Å²) < 4.78 is 55.5. The zero-order valence-electron chi connectivity index (χ0n) is 16.7. The molecule has 1 aliphatic heterocycles. The van der Waals surface area contributed by atoms with E-state index in [1.807, 2.05) is 0 Å². The van der Waals surface area contributed by atoms with Crippen LogP contribution in [0.4, 0.5) is 17.1 Å². The topological polar surface area (TPSA) is 127 Å². The maximum Gasteiger partial charge on any atom is 0.289 e. The van der Waals surface area contributed by atoms with Crippen LogP contribution < -0.4 is 9.03 Å². The van der Waals surface area contributed by atoms with Gasteiger partial charge in [-0.15, -0.1) is 0 Å². The van der Waals surface area contributed by atoms with Crippen LogP contribution in [-0.2, 0) is 26.5 Å². The molecule has 0 aromatic heterocycles. The number of aryl methyl sites for hydroxylation is 1. The van der Waals surface area contributed by atoms with Crippen molar-refractivity contribution in [3.63, 3.8) is 0 Å². The van der Waals surface area contributed by atoms with Crippen LogP contribution in [0, 0.1) is 10.1 Å². The maximum atomic E-state index is 13.1. The third-order valence-electron chi connectivity index (χ3n) is 5.09. The van der Waals surface area contributed by atoms with Gasteiger partial charge in [-0.1, -0.05) is 30.3 Å². The van der Waals surface area contributed by atoms with Crippen molar-refractivity contribution in [2.75, 3.05) is 15.6 Å². The van der Waals surface area contributed by atoms with Gasteiger partial charge in [0.15, 0.2) is 4.90 Å². The summed E-state index contributed by atoms with van der Waals surface area (Å²) >= 11 is 0. The highest BCUT2D eigenvalue weighted by Gasteiger charge is 2.30. The molecule has 32 heavy (non-hydrogen) atoms. The Morgan fingerprint density at radius 2 is 1.59 bits per heavy atom. The second-order valence-corrected chi connectivity index (χ2v) is 10.7. The highest BCUT2D eigenvalue weighted by Crippen LogP contribution is 2.34. The molecule has 0 radical (unpaired) electrons. The number of anilines is 2. The molecule has 0 aliphatic carbocycles. The van der Waals surface area contributed by atoms with E-state index in [0.29, 0.717) is 30.6 Å². The normalized spacial score (nSPS) is 13.9. The molecule has 11 heteroatoms. The van der Waals surface area contributed by atoms with Crippen molar-refractivity contribution in [1.29, 1.82) is 0 Å². The van der Waals surface area contributed by atoms with Gasteiger partial charge in [0.2, 0.25) is 0 Å². The molecule has 0 saturated heterocycles. The molecule has 0 spiro atoms. The first kappa shape index (κ1) is 21.8. The SMILES string of the molecule is O=[N+]([O-])c1ccccc1S(=O)(=O)Nc1ccc2c(c1)CCCN2S(=O)(=O)c1ccccc1. The predicted molar refractivity (Wildman–Crippen MR) is 120 cm³/mol. The van der Waals surface area contributed by atoms with E-state index in [1.54, 1.807) is 30.3 Å². The molecule has 166 valence electrons. The second-order valence-electron chi connectivity index (χ2n) is 7.17. The number of nitrogens with zero attached hydrogens (tertiary/aromatic N) is 2. The summed E-state index contributed by atoms with van der Waals surface area (Å²) in [5, 5.41) is 11.2. The monoisotopic (exact) mass is 473 g/mol. The Kier molecular flexibility index (Phi) is 5.61. The summed E-state index contributed by atoms with van der Waals surface area (Å²) in [4.78, 5) is 10.2. The Bertz CT molecular complexity index is 1390. The molecule has 1 heterocycles. The van der Waals surface area contributed by atoms with Crippen LogP contribution in [0.3, 0.4) is 0 Å². The molecule has 0 saturated carbocycles. The van der Waals surface area contributed by atoms with Crippen molar-refractivity contribution in [1.82, 2.24) is 0 Å². The summed E-state index contributed by atoms with van der Waals surface area (Å²) in [5.74, 6) is 0. The number of nitro benzene ring substituents is 1. The van der Waals surface area contributed by atoms with E-state index in [2.05, 4.69) is 4.72 Å². The minimum Gasteiger partial charge on any atom is -0.279 e. The smallest absolute Gasteiger partial charge is 0.279 e. The summed E-state index contributed by atoms with van der Waals surface area (Å²) in [5.41, 5.74) is 0.811. The maximum absolute atomic E-state index is 13.1. The molecular weight excluding hydrogens is 454 g/mol. The van der Waals surface area contributed by atoms with E-state index in [1.165, 1.54) is 34.6 Å². The first-order valence-corrected chi connectivity index (χ1v) is 12.6. The molecule has 0 amide bonds. The van der Waals surface area contributed by atoms with Gasteiger partial charge >= 0.3 is 0 Å². The fourth-order valence-corrected chi connectivity index (χ4v) is 6.43.